The molecule has 1 atom stereocenters. The summed E-state index contributed by atoms with van der Waals surface area (Å²) in [6.07, 6.45) is -0.669. The van der Waals surface area contributed by atoms with E-state index in [9.17, 15) is 24.2 Å². The van der Waals surface area contributed by atoms with Crippen LogP contribution in [0.25, 0.3) is 33.1 Å². The molecule has 0 spiro atoms. The fourth-order valence-electron chi connectivity index (χ4n) is 3.89. The number of hydrogen-bond acceptors (Lipinski definition) is 12. The topological polar surface area (TPSA) is 246 Å². The van der Waals surface area contributed by atoms with E-state index < -0.39 is 38.7 Å². The molecule has 0 bridgehead atoms. The van der Waals surface area contributed by atoms with Crippen LogP contribution in [0.4, 0.5) is 0 Å². The molecule has 3 aromatic heterocycles. The number of fused-ring (bicyclic) bond motifs is 3. The third-order valence-corrected chi connectivity index (χ3v) is 7.79. The average molecular weight is 702 g/mol. The van der Waals surface area contributed by atoms with Gasteiger partial charge in [-0.05, 0) is 41.7 Å². The summed E-state index contributed by atoms with van der Waals surface area (Å²) < 4.78 is 12.0. The monoisotopic (exact) mass is 701 g/mol. The molecule has 3 heterocycles. The van der Waals surface area contributed by atoms with Crippen molar-refractivity contribution < 1.29 is 46.0 Å². The molecule has 4 aromatic carbocycles. The van der Waals surface area contributed by atoms with E-state index in [0.717, 1.165) is 38.0 Å². The number of carboxylic acids is 2. The van der Waals surface area contributed by atoms with Crippen molar-refractivity contribution in [3.8, 4) is 0 Å². The maximum atomic E-state index is 12.0. The third-order valence-electron chi connectivity index (χ3n) is 5.93. The van der Waals surface area contributed by atoms with E-state index in [1.807, 2.05) is 72.8 Å². The minimum absolute atomic E-state index is 0. The van der Waals surface area contributed by atoms with Crippen LogP contribution in [0.1, 0.15) is 0 Å². The summed E-state index contributed by atoms with van der Waals surface area (Å²) in [5.74, 6) is -2.84. The Hall–Kier alpha value is -5.32. The van der Waals surface area contributed by atoms with Crippen molar-refractivity contribution in [1.29, 1.82) is 0 Å². The Bertz CT molecular complexity index is 1770. The van der Waals surface area contributed by atoms with Crippen LogP contribution in [0.15, 0.2) is 103 Å². The molecular weight excluding hydrogens is 674 g/mol. The Morgan fingerprint density at radius 2 is 1.15 bits per heavy atom. The van der Waals surface area contributed by atoms with Crippen LogP contribution in [-0.2, 0) is 30.9 Å². The van der Waals surface area contributed by atoms with Crippen LogP contribution in [-0.4, -0.2) is 87.6 Å². The molecule has 4 N–H and O–H groups in total. The van der Waals surface area contributed by atoms with Gasteiger partial charge in [0, 0.05) is 12.8 Å². The summed E-state index contributed by atoms with van der Waals surface area (Å²) in [4.78, 5) is 33.8. The summed E-state index contributed by atoms with van der Waals surface area (Å²) in [6, 6.07) is 30.6. The first-order chi connectivity index (χ1) is 22.2. The molecule has 0 aliphatic heterocycles. The van der Waals surface area contributed by atoms with Crippen molar-refractivity contribution in [2.75, 3.05) is 19.4 Å². The first-order valence-corrected chi connectivity index (χ1v) is 15.3. The van der Waals surface area contributed by atoms with Crippen molar-refractivity contribution in [3.63, 3.8) is 0 Å². The first kappa shape index (κ1) is 36.1. The van der Waals surface area contributed by atoms with Gasteiger partial charge in [0.2, 0.25) is 0 Å². The van der Waals surface area contributed by atoms with Gasteiger partial charge in [-0.15, -0.1) is 10.2 Å². The van der Waals surface area contributed by atoms with Gasteiger partial charge < -0.3 is 24.5 Å². The Labute approximate surface area is 276 Å². The number of aromatic amines is 3. The molecule has 0 fully saturated rings. The second-order valence-electron chi connectivity index (χ2n) is 9.37. The maximum absolute atomic E-state index is 12.0. The number of benzene rings is 4. The molecule has 47 heavy (non-hydrogen) atoms. The second-order valence-corrected chi connectivity index (χ2v) is 11.5. The van der Waals surface area contributed by atoms with Gasteiger partial charge in [-0.3, -0.25) is 19.9 Å². The fraction of sp³-hybridized carbons (Fsp3) is 0.103. The standard InChI is InChI=1S/C11H14NO6P.3C6H5N3.Co/c13-10(14)6-12(7-11(15)16)8-19(17,18)9-4-2-1-3-5-9;3*1-2-4-6-5(3-1)7-9-8-6;/h1-5H,6-8H2,(H,13,14)(H,15,16)(H,17,18);3*1-4H,(H,7,8,9);/q;;;;+3/p-2. The second kappa shape index (κ2) is 18.0. The van der Waals surface area contributed by atoms with Gasteiger partial charge in [-0.2, -0.15) is 15.4 Å². The van der Waals surface area contributed by atoms with Gasteiger partial charge in [-0.25, -0.2) is 0 Å². The zero-order valence-electron chi connectivity index (χ0n) is 24.3. The Morgan fingerprint density at radius 1 is 0.702 bits per heavy atom. The smallest absolute Gasteiger partial charge is 0.795 e. The molecule has 0 amide bonds. The number of para-hydroxylation sites is 4. The minimum Gasteiger partial charge on any atom is -0.795 e. The van der Waals surface area contributed by atoms with Gasteiger partial charge in [0.25, 0.3) is 0 Å². The van der Waals surface area contributed by atoms with Crippen LogP contribution in [0.2, 0.25) is 0 Å². The summed E-state index contributed by atoms with van der Waals surface area (Å²) in [7, 11) is -4.09. The molecular formula is C29H27CoN10O6P+. The molecule has 0 saturated heterocycles. The normalized spacial score (nSPS) is 11.5. The molecule has 242 valence electrons. The van der Waals surface area contributed by atoms with Gasteiger partial charge in [0.05, 0.1) is 30.9 Å². The molecule has 0 radical (unpaired) electrons. The largest absolute Gasteiger partial charge is 3.00 e. The zero-order chi connectivity index (χ0) is 32.8. The van der Waals surface area contributed by atoms with E-state index in [1.165, 1.54) is 24.3 Å². The van der Waals surface area contributed by atoms with Gasteiger partial charge >= 0.3 is 22.7 Å². The van der Waals surface area contributed by atoms with E-state index in [4.69, 9.17) is 5.11 Å². The van der Waals surface area contributed by atoms with Gasteiger partial charge in [-0.1, -0.05) is 77.2 Å². The molecule has 18 heteroatoms. The summed E-state index contributed by atoms with van der Waals surface area (Å²) in [5, 5.41) is 49.8. The zero-order valence-corrected chi connectivity index (χ0v) is 26.3. The van der Waals surface area contributed by atoms with E-state index in [0.29, 0.717) is 0 Å². The van der Waals surface area contributed by atoms with Crippen molar-refractivity contribution >= 4 is 57.7 Å². The van der Waals surface area contributed by atoms with E-state index >= 15 is 0 Å². The number of nitrogens with one attached hydrogen (secondary N) is 3. The van der Waals surface area contributed by atoms with Crippen LogP contribution in [0, 0.1) is 0 Å². The summed E-state index contributed by atoms with van der Waals surface area (Å²) >= 11 is 0. The number of aromatic nitrogens is 9. The number of H-pyrrole nitrogens is 3. The maximum Gasteiger partial charge on any atom is 3.00 e. The molecule has 16 nitrogen and oxygen atoms in total. The van der Waals surface area contributed by atoms with E-state index in [2.05, 4.69) is 46.2 Å². The number of rotatable bonds is 7. The Balaban J connectivity index is 0.000000180. The minimum atomic E-state index is -4.09. The first-order valence-electron chi connectivity index (χ1n) is 13.5. The van der Waals surface area contributed by atoms with Gasteiger partial charge in [0.15, 0.2) is 0 Å². The van der Waals surface area contributed by atoms with Crippen LogP contribution >= 0.6 is 7.37 Å². The predicted molar refractivity (Wildman–Crippen MR) is 164 cm³/mol. The number of carbonyl (C=O) groups is 2. The Morgan fingerprint density at radius 3 is 1.60 bits per heavy atom. The molecule has 7 aromatic rings. The van der Waals surface area contributed by atoms with Crippen molar-refractivity contribution in [2.45, 2.75) is 0 Å². The number of aliphatic carboxylic acids is 2. The third kappa shape index (κ3) is 11.5. The van der Waals surface area contributed by atoms with Crippen LogP contribution in [0.5, 0.6) is 0 Å². The van der Waals surface area contributed by atoms with Crippen LogP contribution in [0.3, 0.4) is 0 Å². The Kier molecular flexibility index (Phi) is 13.8. The average Bonchev–Trinajstić information content (AvgIpc) is 3.82. The van der Waals surface area contributed by atoms with E-state index in [1.54, 1.807) is 6.07 Å². The molecule has 1 unspecified atom stereocenters. The molecule has 0 saturated carbocycles. The van der Waals surface area contributed by atoms with Crippen molar-refractivity contribution in [2.24, 2.45) is 0 Å². The summed E-state index contributed by atoms with van der Waals surface area (Å²) in [5.41, 5.74) is 5.63. The fourth-order valence-corrected chi connectivity index (χ4v) is 5.41. The number of nitrogens with zero attached hydrogens (tertiary/aromatic N) is 7. The SMILES string of the molecule is O=C([O-])CN(CC(=O)O)CP(=O)([O-])c1ccccc1.[Co+3].c1ccc2[nH]nnc2c1.c1ccc2[nH]nnc2c1.c1ccc2n[nH]nc2c1. The number of carboxylic acid groups (broad SMARTS) is 2. The number of hydrogen-bond donors (Lipinski definition) is 4. The van der Waals surface area contributed by atoms with Crippen LogP contribution < -0.4 is 15.3 Å². The molecule has 0 aliphatic rings. The van der Waals surface area contributed by atoms with Crippen molar-refractivity contribution in [3.05, 3.63) is 103 Å². The van der Waals surface area contributed by atoms with Crippen molar-refractivity contribution in [1.82, 2.24) is 51.1 Å². The van der Waals surface area contributed by atoms with Gasteiger partial charge in [0.1, 0.15) is 22.1 Å². The molecule has 0 aliphatic carbocycles. The predicted octanol–water partition coefficient (Wildman–Crippen LogP) is 0.916. The number of carbonyl (C=O) groups excluding carboxylic acids is 1. The summed E-state index contributed by atoms with van der Waals surface area (Å²) in [6.45, 7) is -1.45. The quantitative estimate of drug-likeness (QED) is 0.169. The van der Waals surface area contributed by atoms with E-state index in [-0.39, 0.29) is 22.1 Å². The molecule has 7 rings (SSSR count).